The molecule has 0 spiro atoms. The highest BCUT2D eigenvalue weighted by atomic mass is 16.5. The Bertz CT molecular complexity index is 949. The third-order valence-electron chi connectivity index (χ3n) is 3.84. The fraction of sp³-hybridized carbons (Fsp3) is 0.150. The smallest absolute Gasteiger partial charge is 0.255 e. The fourth-order valence-electron chi connectivity index (χ4n) is 2.41. The van der Waals surface area contributed by atoms with Crippen LogP contribution in [-0.4, -0.2) is 30.6 Å². The van der Waals surface area contributed by atoms with Crippen molar-refractivity contribution in [3.63, 3.8) is 0 Å². The molecule has 0 bridgehead atoms. The van der Waals surface area contributed by atoms with Crippen LogP contribution in [0.5, 0.6) is 5.75 Å². The van der Waals surface area contributed by atoms with Gasteiger partial charge in [-0.15, -0.1) is 0 Å². The molecule has 8 nitrogen and oxygen atoms in total. The second-order valence-electron chi connectivity index (χ2n) is 5.98. The minimum atomic E-state index is -0.255. The van der Waals surface area contributed by atoms with Crippen LogP contribution in [-0.2, 0) is 4.79 Å². The predicted molar refractivity (Wildman–Crippen MR) is 106 cm³/mol. The summed E-state index contributed by atoms with van der Waals surface area (Å²) in [6.45, 7) is 1.80. The molecule has 0 saturated heterocycles. The molecule has 3 rings (SSSR count). The summed E-state index contributed by atoms with van der Waals surface area (Å²) in [4.78, 5) is 24.2. The number of hydrogen-bond donors (Lipinski definition) is 3. The minimum Gasteiger partial charge on any atom is -0.497 e. The molecular formula is C20H20N4O4. The molecule has 2 amide bonds. The second kappa shape index (κ2) is 8.72. The number of amides is 2. The van der Waals surface area contributed by atoms with E-state index in [1.165, 1.54) is 0 Å². The van der Waals surface area contributed by atoms with Crippen LogP contribution < -0.4 is 20.7 Å². The van der Waals surface area contributed by atoms with Crippen LogP contribution in [0.15, 0.2) is 59.1 Å². The van der Waals surface area contributed by atoms with Crippen LogP contribution in [0.25, 0.3) is 0 Å². The second-order valence-corrected chi connectivity index (χ2v) is 5.98. The number of nitrogens with one attached hydrogen (secondary N) is 3. The number of hydrogen-bond acceptors (Lipinski definition) is 6. The number of ether oxygens (including phenoxy) is 1. The first-order chi connectivity index (χ1) is 13.5. The summed E-state index contributed by atoms with van der Waals surface area (Å²) < 4.78 is 9.98. The monoisotopic (exact) mass is 380 g/mol. The number of anilines is 3. The number of carbonyl (C=O) groups is 2. The van der Waals surface area contributed by atoms with E-state index in [2.05, 4.69) is 21.1 Å². The summed E-state index contributed by atoms with van der Waals surface area (Å²) in [5, 5.41) is 12.1. The van der Waals surface area contributed by atoms with Gasteiger partial charge in [-0.1, -0.05) is 5.16 Å². The summed E-state index contributed by atoms with van der Waals surface area (Å²) in [6.07, 6.45) is 0. The van der Waals surface area contributed by atoms with Gasteiger partial charge in [0.25, 0.3) is 5.91 Å². The molecule has 2 aromatic carbocycles. The average Bonchev–Trinajstić information content (AvgIpc) is 3.12. The van der Waals surface area contributed by atoms with Crippen molar-refractivity contribution in [2.75, 3.05) is 29.6 Å². The van der Waals surface area contributed by atoms with Gasteiger partial charge >= 0.3 is 0 Å². The summed E-state index contributed by atoms with van der Waals surface area (Å²) in [6, 6.07) is 15.5. The van der Waals surface area contributed by atoms with E-state index in [1.807, 2.05) is 0 Å². The van der Waals surface area contributed by atoms with Gasteiger partial charge in [0, 0.05) is 23.0 Å². The van der Waals surface area contributed by atoms with Crippen molar-refractivity contribution in [3.8, 4) is 5.75 Å². The average molecular weight is 380 g/mol. The summed E-state index contributed by atoms with van der Waals surface area (Å²) >= 11 is 0. The lowest BCUT2D eigenvalue weighted by molar-refractivity contribution is -0.114. The molecule has 0 unspecified atom stereocenters. The van der Waals surface area contributed by atoms with E-state index in [0.29, 0.717) is 28.5 Å². The van der Waals surface area contributed by atoms with Gasteiger partial charge in [0.1, 0.15) is 11.5 Å². The third kappa shape index (κ3) is 5.10. The molecule has 3 N–H and O–H groups in total. The maximum absolute atomic E-state index is 12.3. The van der Waals surface area contributed by atoms with Gasteiger partial charge in [-0.2, -0.15) is 0 Å². The number of carbonyl (C=O) groups excluding carboxylic acids is 2. The zero-order chi connectivity index (χ0) is 19.9. The third-order valence-corrected chi connectivity index (χ3v) is 3.84. The van der Waals surface area contributed by atoms with E-state index in [4.69, 9.17) is 9.26 Å². The Balaban J connectivity index is 1.50. The summed E-state index contributed by atoms with van der Waals surface area (Å²) in [5.41, 5.74) is 1.89. The number of aromatic nitrogens is 1. The van der Waals surface area contributed by atoms with E-state index >= 15 is 0 Å². The van der Waals surface area contributed by atoms with Gasteiger partial charge in [-0.3, -0.25) is 9.59 Å². The highest BCUT2D eigenvalue weighted by molar-refractivity contribution is 6.04. The Labute approximate surface area is 161 Å². The van der Waals surface area contributed by atoms with Crippen LogP contribution >= 0.6 is 0 Å². The molecule has 3 aromatic rings. The highest BCUT2D eigenvalue weighted by Crippen LogP contribution is 2.17. The fourth-order valence-corrected chi connectivity index (χ4v) is 2.41. The Kier molecular flexibility index (Phi) is 5.91. The van der Waals surface area contributed by atoms with Crippen molar-refractivity contribution in [2.45, 2.75) is 6.92 Å². The largest absolute Gasteiger partial charge is 0.497 e. The maximum atomic E-state index is 12.3. The number of rotatable bonds is 7. The van der Waals surface area contributed by atoms with Gasteiger partial charge in [-0.05, 0) is 55.5 Å². The molecule has 1 aromatic heterocycles. The summed E-state index contributed by atoms with van der Waals surface area (Å²) in [5.74, 6) is 1.23. The Morgan fingerprint density at radius 3 is 2.29 bits per heavy atom. The normalized spacial score (nSPS) is 10.2. The molecule has 0 saturated carbocycles. The highest BCUT2D eigenvalue weighted by Gasteiger charge is 2.08. The van der Waals surface area contributed by atoms with Gasteiger partial charge in [0.2, 0.25) is 5.91 Å². The number of nitrogens with zero attached hydrogens (tertiary/aromatic N) is 1. The molecule has 0 radical (unpaired) electrons. The Morgan fingerprint density at radius 2 is 1.68 bits per heavy atom. The standard InChI is InChI=1S/C20H20N4O4/c1-13-11-18(24-28-13)23-19(25)12-21-15-5-3-14(4-6-15)20(26)22-16-7-9-17(27-2)10-8-16/h3-11,21H,12H2,1-2H3,(H,22,26)(H,23,24,25). The lowest BCUT2D eigenvalue weighted by Gasteiger charge is -2.08. The first-order valence-corrected chi connectivity index (χ1v) is 8.56. The number of methoxy groups -OCH3 is 1. The van der Waals surface area contributed by atoms with Gasteiger partial charge in [0.15, 0.2) is 5.82 Å². The SMILES string of the molecule is COc1ccc(NC(=O)c2ccc(NCC(=O)Nc3cc(C)on3)cc2)cc1. The zero-order valence-corrected chi connectivity index (χ0v) is 15.5. The summed E-state index contributed by atoms with van der Waals surface area (Å²) in [7, 11) is 1.59. The quantitative estimate of drug-likeness (QED) is 0.581. The molecule has 0 atom stereocenters. The van der Waals surface area contributed by atoms with Gasteiger partial charge < -0.3 is 25.2 Å². The van der Waals surface area contributed by atoms with Crippen molar-refractivity contribution in [3.05, 3.63) is 65.9 Å². The van der Waals surface area contributed by atoms with E-state index < -0.39 is 0 Å². The molecule has 0 fully saturated rings. The lowest BCUT2D eigenvalue weighted by atomic mass is 10.2. The number of benzene rings is 2. The molecule has 28 heavy (non-hydrogen) atoms. The van der Waals surface area contributed by atoms with Gasteiger partial charge in [-0.25, -0.2) is 0 Å². The molecule has 0 aliphatic rings. The maximum Gasteiger partial charge on any atom is 0.255 e. The van der Waals surface area contributed by atoms with Crippen molar-refractivity contribution in [1.82, 2.24) is 5.16 Å². The van der Waals surface area contributed by atoms with Gasteiger partial charge in [0.05, 0.1) is 13.7 Å². The Hall–Kier alpha value is -3.81. The predicted octanol–water partition coefficient (Wildman–Crippen LogP) is 3.29. The van der Waals surface area contributed by atoms with Crippen LogP contribution in [0.2, 0.25) is 0 Å². The van der Waals surface area contributed by atoms with Crippen molar-refractivity contribution in [2.24, 2.45) is 0 Å². The van der Waals surface area contributed by atoms with Crippen molar-refractivity contribution in [1.29, 1.82) is 0 Å². The van der Waals surface area contributed by atoms with Crippen LogP contribution in [0.3, 0.4) is 0 Å². The minimum absolute atomic E-state index is 0.0588. The Morgan fingerprint density at radius 1 is 1.00 bits per heavy atom. The van der Waals surface area contributed by atoms with E-state index in [-0.39, 0.29) is 18.4 Å². The molecule has 144 valence electrons. The zero-order valence-electron chi connectivity index (χ0n) is 15.5. The molecule has 8 heteroatoms. The van der Waals surface area contributed by atoms with Crippen LogP contribution in [0, 0.1) is 6.92 Å². The number of aryl methyl sites for hydroxylation is 1. The molecule has 1 heterocycles. The van der Waals surface area contributed by atoms with E-state index in [0.717, 1.165) is 5.75 Å². The molecular weight excluding hydrogens is 360 g/mol. The van der Waals surface area contributed by atoms with Crippen molar-refractivity contribution < 1.29 is 18.8 Å². The topological polar surface area (TPSA) is 105 Å². The van der Waals surface area contributed by atoms with E-state index in [1.54, 1.807) is 68.6 Å². The van der Waals surface area contributed by atoms with Crippen LogP contribution in [0.1, 0.15) is 16.1 Å². The van der Waals surface area contributed by atoms with Crippen LogP contribution in [0.4, 0.5) is 17.2 Å². The molecule has 0 aliphatic heterocycles. The van der Waals surface area contributed by atoms with E-state index in [9.17, 15) is 9.59 Å². The molecule has 0 aliphatic carbocycles. The van der Waals surface area contributed by atoms with Crippen molar-refractivity contribution >= 4 is 29.0 Å². The first-order valence-electron chi connectivity index (χ1n) is 8.56. The first kappa shape index (κ1) is 19.0. The lowest BCUT2D eigenvalue weighted by Crippen LogP contribution is -2.21.